The van der Waals surface area contributed by atoms with Crippen LogP contribution in [0.2, 0.25) is 0 Å². The second kappa shape index (κ2) is 4.45. The number of hydrogen-bond donors (Lipinski definition) is 1. The van der Waals surface area contributed by atoms with E-state index in [1.165, 1.54) is 6.33 Å². The highest BCUT2D eigenvalue weighted by Gasteiger charge is 2.20. The van der Waals surface area contributed by atoms with E-state index in [1.54, 1.807) is 12.4 Å². The fourth-order valence-electron chi connectivity index (χ4n) is 1.39. The summed E-state index contributed by atoms with van der Waals surface area (Å²) in [6.45, 7) is 1.31. The summed E-state index contributed by atoms with van der Waals surface area (Å²) in [6, 6.07) is -0.126. The molecular weight excluding hydrogens is 182 g/mol. The van der Waals surface area contributed by atoms with Crippen molar-refractivity contribution < 1.29 is 9.47 Å². The summed E-state index contributed by atoms with van der Waals surface area (Å²) >= 11 is 0. The summed E-state index contributed by atoms with van der Waals surface area (Å²) in [4.78, 5) is 7.82. The van der Waals surface area contributed by atoms with Crippen LogP contribution in [0, 0.1) is 0 Å². The van der Waals surface area contributed by atoms with Crippen molar-refractivity contribution in [2.75, 3.05) is 13.2 Å². The monoisotopic (exact) mass is 195 g/mol. The van der Waals surface area contributed by atoms with Crippen molar-refractivity contribution in [1.82, 2.24) is 9.97 Å². The Hall–Kier alpha value is -1.04. The lowest BCUT2D eigenvalue weighted by Crippen LogP contribution is -2.19. The minimum Gasteiger partial charge on any atom is -0.350 e. The molecule has 14 heavy (non-hydrogen) atoms. The molecule has 0 spiro atoms. The molecule has 1 aliphatic rings. The maximum Gasteiger partial charge on any atom is 0.159 e. The third-order valence-corrected chi connectivity index (χ3v) is 2.15. The molecule has 2 heterocycles. The van der Waals surface area contributed by atoms with Gasteiger partial charge in [0.25, 0.3) is 0 Å². The molecule has 5 nitrogen and oxygen atoms in total. The first-order valence-electron chi connectivity index (χ1n) is 4.60. The maximum atomic E-state index is 5.93. The summed E-state index contributed by atoms with van der Waals surface area (Å²) < 4.78 is 10.6. The van der Waals surface area contributed by atoms with Crippen molar-refractivity contribution >= 4 is 0 Å². The van der Waals surface area contributed by atoms with Gasteiger partial charge in [0.05, 0.1) is 13.2 Å². The quantitative estimate of drug-likeness (QED) is 0.748. The van der Waals surface area contributed by atoms with E-state index < -0.39 is 0 Å². The molecule has 0 aliphatic carbocycles. The van der Waals surface area contributed by atoms with Crippen LogP contribution in [-0.2, 0) is 9.47 Å². The fraction of sp³-hybridized carbons (Fsp3) is 0.556. The van der Waals surface area contributed by atoms with Gasteiger partial charge in [0.2, 0.25) is 0 Å². The van der Waals surface area contributed by atoms with Gasteiger partial charge >= 0.3 is 0 Å². The van der Waals surface area contributed by atoms with Crippen LogP contribution in [0.5, 0.6) is 0 Å². The number of hydrogen-bond acceptors (Lipinski definition) is 5. The number of nitrogens with two attached hydrogens (primary N) is 1. The molecule has 2 rings (SSSR count). The van der Waals surface area contributed by atoms with Gasteiger partial charge in [-0.3, -0.25) is 0 Å². The molecule has 1 saturated heterocycles. The van der Waals surface area contributed by atoms with Crippen molar-refractivity contribution in [2.45, 2.75) is 18.8 Å². The maximum absolute atomic E-state index is 5.93. The highest BCUT2D eigenvalue weighted by molar-refractivity contribution is 5.08. The van der Waals surface area contributed by atoms with Crippen LogP contribution in [-0.4, -0.2) is 29.5 Å². The Bertz CT molecular complexity index is 275. The molecule has 1 aromatic heterocycles. The molecule has 1 atom stereocenters. The lowest BCUT2D eigenvalue weighted by Gasteiger charge is -2.14. The average Bonchev–Trinajstić information content (AvgIpc) is 2.72. The lowest BCUT2D eigenvalue weighted by atomic mass is 10.1. The van der Waals surface area contributed by atoms with Crippen LogP contribution in [0.4, 0.5) is 0 Å². The Kier molecular flexibility index (Phi) is 3.03. The zero-order valence-corrected chi connectivity index (χ0v) is 7.80. The smallest absolute Gasteiger partial charge is 0.159 e. The molecule has 0 bridgehead atoms. The minimum absolute atomic E-state index is 0.126. The molecule has 1 aliphatic heterocycles. The Labute approximate surface area is 82.3 Å². The van der Waals surface area contributed by atoms with Gasteiger partial charge in [0, 0.05) is 30.4 Å². The van der Waals surface area contributed by atoms with Crippen molar-refractivity contribution in [3.05, 3.63) is 24.3 Å². The lowest BCUT2D eigenvalue weighted by molar-refractivity contribution is -0.0508. The molecule has 0 radical (unpaired) electrons. The van der Waals surface area contributed by atoms with E-state index in [1.807, 2.05) is 0 Å². The molecule has 2 N–H and O–H groups in total. The van der Waals surface area contributed by atoms with Crippen LogP contribution in [0.3, 0.4) is 0 Å². The number of aromatic nitrogens is 2. The van der Waals surface area contributed by atoms with Gasteiger partial charge in [-0.2, -0.15) is 0 Å². The van der Waals surface area contributed by atoms with Crippen molar-refractivity contribution in [3.8, 4) is 0 Å². The van der Waals surface area contributed by atoms with Gasteiger partial charge in [-0.05, 0) is 0 Å². The van der Waals surface area contributed by atoms with Crippen molar-refractivity contribution in [3.63, 3.8) is 0 Å². The normalized spacial score (nSPS) is 19.8. The predicted octanol–water partition coefficient (Wildman–Crippen LogP) is 0.239. The van der Waals surface area contributed by atoms with Gasteiger partial charge in [0.15, 0.2) is 6.29 Å². The van der Waals surface area contributed by atoms with E-state index in [9.17, 15) is 0 Å². The first-order chi connectivity index (χ1) is 6.86. The third-order valence-electron chi connectivity index (χ3n) is 2.15. The van der Waals surface area contributed by atoms with Crippen molar-refractivity contribution in [1.29, 1.82) is 0 Å². The van der Waals surface area contributed by atoms with Gasteiger partial charge in [-0.15, -0.1) is 0 Å². The molecule has 0 saturated carbocycles. The average molecular weight is 195 g/mol. The summed E-state index contributed by atoms with van der Waals surface area (Å²) in [5.41, 5.74) is 6.84. The van der Waals surface area contributed by atoms with Crippen LogP contribution in [0.15, 0.2) is 18.7 Å². The number of nitrogens with zero attached hydrogens (tertiary/aromatic N) is 2. The molecule has 1 aromatic rings. The highest BCUT2D eigenvalue weighted by Crippen LogP contribution is 2.18. The van der Waals surface area contributed by atoms with Crippen LogP contribution in [0.1, 0.15) is 18.0 Å². The van der Waals surface area contributed by atoms with E-state index in [0.717, 1.165) is 5.56 Å². The van der Waals surface area contributed by atoms with E-state index in [0.29, 0.717) is 19.6 Å². The fourth-order valence-corrected chi connectivity index (χ4v) is 1.39. The summed E-state index contributed by atoms with van der Waals surface area (Å²) in [6.07, 6.45) is 5.39. The largest absolute Gasteiger partial charge is 0.350 e. The van der Waals surface area contributed by atoms with Gasteiger partial charge in [-0.1, -0.05) is 0 Å². The number of rotatable bonds is 3. The van der Waals surface area contributed by atoms with Crippen LogP contribution in [0.25, 0.3) is 0 Å². The second-order valence-corrected chi connectivity index (χ2v) is 3.19. The summed E-state index contributed by atoms with van der Waals surface area (Å²) in [5.74, 6) is 0. The minimum atomic E-state index is -0.176. The first-order valence-corrected chi connectivity index (χ1v) is 4.60. The Morgan fingerprint density at radius 3 is 2.64 bits per heavy atom. The highest BCUT2D eigenvalue weighted by atomic mass is 16.7. The van der Waals surface area contributed by atoms with Gasteiger partial charge in [0.1, 0.15) is 6.33 Å². The van der Waals surface area contributed by atoms with Gasteiger partial charge < -0.3 is 15.2 Å². The third kappa shape index (κ3) is 2.25. The van der Waals surface area contributed by atoms with E-state index in [-0.39, 0.29) is 12.3 Å². The second-order valence-electron chi connectivity index (χ2n) is 3.19. The Morgan fingerprint density at radius 1 is 1.36 bits per heavy atom. The Balaban J connectivity index is 1.92. The predicted molar refractivity (Wildman–Crippen MR) is 49.3 cm³/mol. The molecule has 1 fully saturated rings. The van der Waals surface area contributed by atoms with Crippen LogP contribution < -0.4 is 5.73 Å². The van der Waals surface area contributed by atoms with E-state index in [4.69, 9.17) is 15.2 Å². The molecule has 5 heteroatoms. The summed E-state index contributed by atoms with van der Waals surface area (Å²) in [5, 5.41) is 0. The number of ether oxygens (including phenoxy) is 2. The molecule has 0 amide bonds. The van der Waals surface area contributed by atoms with Gasteiger partial charge in [-0.25, -0.2) is 9.97 Å². The van der Waals surface area contributed by atoms with Crippen LogP contribution >= 0.6 is 0 Å². The molecule has 1 unspecified atom stereocenters. The SMILES string of the molecule is NC(CC1OCCO1)c1cncnc1. The topological polar surface area (TPSA) is 70.3 Å². The Morgan fingerprint density at radius 2 is 2.00 bits per heavy atom. The zero-order valence-electron chi connectivity index (χ0n) is 7.80. The van der Waals surface area contributed by atoms with E-state index in [2.05, 4.69) is 9.97 Å². The molecule has 0 aromatic carbocycles. The van der Waals surface area contributed by atoms with E-state index >= 15 is 0 Å². The summed E-state index contributed by atoms with van der Waals surface area (Å²) in [7, 11) is 0. The standard InChI is InChI=1S/C9H13N3O2/c10-8(3-9-13-1-2-14-9)7-4-11-6-12-5-7/h4-6,8-9H,1-3,10H2. The first kappa shape index (κ1) is 9.51. The van der Waals surface area contributed by atoms with Crippen molar-refractivity contribution in [2.24, 2.45) is 5.73 Å². The molecular formula is C9H13N3O2. The zero-order chi connectivity index (χ0) is 9.80. The molecule has 76 valence electrons.